The Bertz CT molecular complexity index is 1110. The average Bonchev–Trinajstić information content (AvgIpc) is 3.05. The fraction of sp³-hybridized carbons (Fsp3) is 0.261. The molecule has 6 nitrogen and oxygen atoms in total. The maximum absolute atomic E-state index is 13.3. The van der Waals surface area contributed by atoms with Crippen molar-refractivity contribution in [3.8, 4) is 11.4 Å². The Balaban J connectivity index is 1.81. The van der Waals surface area contributed by atoms with E-state index in [1.165, 1.54) is 0 Å². The van der Waals surface area contributed by atoms with E-state index < -0.39 is 5.92 Å². The number of nitrogens with zero attached hydrogens (tertiary/aromatic N) is 2. The number of methoxy groups -OCH3 is 1. The molecule has 1 atom stereocenters. The summed E-state index contributed by atoms with van der Waals surface area (Å²) in [6, 6.07) is 12.9. The van der Waals surface area contributed by atoms with Gasteiger partial charge >= 0.3 is 0 Å². The lowest BCUT2D eigenvalue weighted by Crippen LogP contribution is -2.28. The van der Waals surface area contributed by atoms with E-state index in [0.717, 1.165) is 28.1 Å². The van der Waals surface area contributed by atoms with Crippen LogP contribution in [0, 0.1) is 20.8 Å². The van der Waals surface area contributed by atoms with Crippen LogP contribution in [-0.4, -0.2) is 28.6 Å². The van der Waals surface area contributed by atoms with Crippen molar-refractivity contribution in [3.63, 3.8) is 0 Å². The van der Waals surface area contributed by atoms with Crippen LogP contribution in [0.3, 0.4) is 0 Å². The summed E-state index contributed by atoms with van der Waals surface area (Å²) in [7, 11) is 1.58. The van der Waals surface area contributed by atoms with Crippen LogP contribution in [0.15, 0.2) is 42.5 Å². The Morgan fingerprint density at radius 1 is 1.14 bits per heavy atom. The number of anilines is 1. The lowest BCUT2D eigenvalue weighted by molar-refractivity contribution is -0.116. The van der Waals surface area contributed by atoms with E-state index in [1.807, 2.05) is 39.0 Å². The minimum atomic E-state index is -0.564. The number of ether oxygens (including phenoxy) is 1. The second-order valence-corrected chi connectivity index (χ2v) is 7.38. The first-order valence-corrected chi connectivity index (χ1v) is 9.55. The van der Waals surface area contributed by atoms with Crippen LogP contribution in [0.25, 0.3) is 5.69 Å². The molecule has 0 fully saturated rings. The second-order valence-electron chi connectivity index (χ2n) is 7.38. The molecule has 1 aliphatic heterocycles. The fourth-order valence-corrected chi connectivity index (χ4v) is 3.87. The zero-order chi connectivity index (χ0) is 20.7. The first kappa shape index (κ1) is 18.9. The number of rotatable bonds is 4. The highest BCUT2D eigenvalue weighted by atomic mass is 16.5. The molecule has 4 rings (SSSR count). The number of carbonyl (C=O) groups excluding carboxylic acids is 2. The van der Waals surface area contributed by atoms with Gasteiger partial charge in [-0.3, -0.25) is 9.59 Å². The van der Waals surface area contributed by atoms with Gasteiger partial charge in [0.1, 0.15) is 11.6 Å². The molecule has 2 heterocycles. The molecule has 0 saturated carbocycles. The molecule has 29 heavy (non-hydrogen) atoms. The number of aromatic nitrogens is 2. The van der Waals surface area contributed by atoms with Gasteiger partial charge in [0.2, 0.25) is 5.91 Å². The van der Waals surface area contributed by atoms with Crippen LogP contribution < -0.4 is 10.1 Å². The Morgan fingerprint density at radius 3 is 2.55 bits per heavy atom. The van der Waals surface area contributed by atoms with Crippen LogP contribution in [0.2, 0.25) is 0 Å². The van der Waals surface area contributed by atoms with E-state index in [-0.39, 0.29) is 18.1 Å². The molecule has 0 radical (unpaired) electrons. The maximum atomic E-state index is 13.3. The predicted octanol–water partition coefficient (Wildman–Crippen LogP) is 4.11. The summed E-state index contributed by atoms with van der Waals surface area (Å²) in [5, 5.41) is 7.62. The van der Waals surface area contributed by atoms with Crippen molar-refractivity contribution in [3.05, 3.63) is 70.4 Å². The third-order valence-electron chi connectivity index (χ3n) is 5.60. The molecule has 1 unspecified atom stereocenters. The highest BCUT2D eigenvalue weighted by Gasteiger charge is 2.36. The van der Waals surface area contributed by atoms with Gasteiger partial charge in [-0.1, -0.05) is 12.1 Å². The van der Waals surface area contributed by atoms with Gasteiger partial charge in [-0.25, -0.2) is 4.68 Å². The normalized spacial score (nSPS) is 15.6. The van der Waals surface area contributed by atoms with E-state index in [2.05, 4.69) is 10.4 Å². The third-order valence-corrected chi connectivity index (χ3v) is 5.60. The van der Waals surface area contributed by atoms with Gasteiger partial charge in [0.15, 0.2) is 5.78 Å². The van der Waals surface area contributed by atoms with Gasteiger partial charge < -0.3 is 10.1 Å². The fourth-order valence-electron chi connectivity index (χ4n) is 3.87. The number of hydrogen-bond acceptors (Lipinski definition) is 4. The number of benzene rings is 2. The van der Waals surface area contributed by atoms with Crippen molar-refractivity contribution in [1.29, 1.82) is 0 Å². The van der Waals surface area contributed by atoms with E-state index in [1.54, 1.807) is 36.1 Å². The van der Waals surface area contributed by atoms with Gasteiger partial charge in [-0.15, -0.1) is 0 Å². The number of amides is 1. The van der Waals surface area contributed by atoms with Crippen molar-refractivity contribution in [2.45, 2.75) is 33.1 Å². The largest absolute Gasteiger partial charge is 0.497 e. The third kappa shape index (κ3) is 3.20. The van der Waals surface area contributed by atoms with Crippen molar-refractivity contribution < 1.29 is 14.3 Å². The molecule has 3 aromatic rings. The monoisotopic (exact) mass is 389 g/mol. The van der Waals surface area contributed by atoms with Crippen molar-refractivity contribution in [2.24, 2.45) is 0 Å². The summed E-state index contributed by atoms with van der Waals surface area (Å²) in [5.41, 5.74) is 5.19. The standard InChI is InChI=1S/C23H23N3O3/c1-13-6-5-7-19(14(13)2)26-23-21(15(3)25-26)18(12-20(27)24-23)22(28)16-8-10-17(29-4)11-9-16/h5-11,18H,12H2,1-4H3,(H,24,27). The minimum absolute atomic E-state index is 0.0904. The van der Waals surface area contributed by atoms with Gasteiger partial charge in [0, 0.05) is 17.5 Å². The summed E-state index contributed by atoms with van der Waals surface area (Å²) >= 11 is 0. The summed E-state index contributed by atoms with van der Waals surface area (Å²) in [4.78, 5) is 25.8. The second kappa shape index (κ2) is 7.20. The summed E-state index contributed by atoms with van der Waals surface area (Å²) in [6.07, 6.45) is 0.108. The average molecular weight is 389 g/mol. The molecule has 0 saturated heterocycles. The Hall–Kier alpha value is -3.41. The van der Waals surface area contributed by atoms with E-state index in [4.69, 9.17) is 4.74 Å². The Kier molecular flexibility index (Phi) is 4.70. The number of nitrogens with one attached hydrogen (secondary N) is 1. The molecule has 1 N–H and O–H groups in total. The number of hydrogen-bond donors (Lipinski definition) is 1. The zero-order valence-electron chi connectivity index (χ0n) is 16.9. The highest BCUT2D eigenvalue weighted by molar-refractivity contribution is 6.08. The molecule has 0 aliphatic carbocycles. The molecule has 0 bridgehead atoms. The SMILES string of the molecule is COc1ccc(C(=O)C2CC(=O)Nc3c2c(C)nn3-c2cccc(C)c2C)cc1. The lowest BCUT2D eigenvalue weighted by Gasteiger charge is -2.23. The molecule has 1 aliphatic rings. The number of Topliss-reactive ketones (excluding diaryl/α,β-unsaturated/α-hetero) is 1. The van der Waals surface area contributed by atoms with Gasteiger partial charge in [0.05, 0.1) is 24.4 Å². The quantitative estimate of drug-likeness (QED) is 0.682. The molecule has 0 spiro atoms. The van der Waals surface area contributed by atoms with E-state index in [0.29, 0.717) is 17.1 Å². The predicted molar refractivity (Wildman–Crippen MR) is 111 cm³/mol. The smallest absolute Gasteiger partial charge is 0.226 e. The number of fused-ring (bicyclic) bond motifs is 1. The molecular weight excluding hydrogens is 366 g/mol. The van der Waals surface area contributed by atoms with Gasteiger partial charge in [-0.05, 0) is 62.2 Å². The van der Waals surface area contributed by atoms with Crippen molar-refractivity contribution in [1.82, 2.24) is 9.78 Å². The molecule has 1 amide bonds. The highest BCUT2D eigenvalue weighted by Crippen LogP contribution is 2.39. The van der Waals surface area contributed by atoms with Crippen LogP contribution in [0.4, 0.5) is 5.82 Å². The Morgan fingerprint density at radius 2 is 1.86 bits per heavy atom. The summed E-state index contributed by atoms with van der Waals surface area (Å²) in [6.45, 7) is 5.95. The summed E-state index contributed by atoms with van der Waals surface area (Å²) in [5.74, 6) is 0.427. The number of aryl methyl sites for hydroxylation is 2. The minimum Gasteiger partial charge on any atom is -0.497 e. The van der Waals surface area contributed by atoms with Gasteiger partial charge in [-0.2, -0.15) is 5.10 Å². The molecule has 2 aromatic carbocycles. The summed E-state index contributed by atoms with van der Waals surface area (Å²) < 4.78 is 6.92. The molecule has 148 valence electrons. The Labute approximate surface area is 169 Å². The van der Waals surface area contributed by atoms with Crippen LogP contribution in [0.1, 0.15) is 45.1 Å². The number of carbonyl (C=O) groups is 2. The molecular formula is C23H23N3O3. The van der Waals surface area contributed by atoms with E-state index >= 15 is 0 Å². The van der Waals surface area contributed by atoms with Crippen molar-refractivity contribution in [2.75, 3.05) is 12.4 Å². The molecule has 1 aromatic heterocycles. The first-order chi connectivity index (χ1) is 13.9. The maximum Gasteiger partial charge on any atom is 0.226 e. The van der Waals surface area contributed by atoms with Crippen LogP contribution in [-0.2, 0) is 4.79 Å². The van der Waals surface area contributed by atoms with Crippen LogP contribution in [0.5, 0.6) is 5.75 Å². The van der Waals surface area contributed by atoms with E-state index in [9.17, 15) is 9.59 Å². The molecule has 6 heteroatoms. The topological polar surface area (TPSA) is 73.2 Å². The van der Waals surface area contributed by atoms with Crippen molar-refractivity contribution >= 4 is 17.5 Å². The van der Waals surface area contributed by atoms with Gasteiger partial charge in [0.25, 0.3) is 0 Å². The lowest BCUT2D eigenvalue weighted by atomic mass is 9.85. The first-order valence-electron chi connectivity index (χ1n) is 9.55. The number of ketones is 1. The van der Waals surface area contributed by atoms with Crippen LogP contribution >= 0.6 is 0 Å². The zero-order valence-corrected chi connectivity index (χ0v) is 16.9.